The molecule has 0 aromatic heterocycles. The van der Waals surface area contributed by atoms with Gasteiger partial charge in [0.15, 0.2) is 0 Å². The molecule has 0 radical (unpaired) electrons. The summed E-state index contributed by atoms with van der Waals surface area (Å²) in [5.41, 5.74) is 14.5. The van der Waals surface area contributed by atoms with Crippen molar-refractivity contribution >= 4 is 119 Å². The van der Waals surface area contributed by atoms with E-state index in [9.17, 15) is 45.5 Å². The Hall–Kier alpha value is -9.90. The molecular weight excluding hydrogens is 1830 g/mol. The lowest BCUT2D eigenvalue weighted by Gasteiger charge is -2.36. The number of hydrogen-bond donors (Lipinski definition) is 0. The van der Waals surface area contributed by atoms with Crippen LogP contribution in [0.25, 0.3) is 11.1 Å². The van der Waals surface area contributed by atoms with Crippen molar-refractivity contribution in [3.8, 4) is 70.9 Å². The summed E-state index contributed by atoms with van der Waals surface area (Å²) in [4.78, 5) is 61.3. The lowest BCUT2D eigenvalue weighted by Crippen LogP contribution is -2.48. The number of benzene rings is 9. The van der Waals surface area contributed by atoms with Crippen molar-refractivity contribution in [3.63, 3.8) is 0 Å². The molecule has 0 spiro atoms. The molecule has 4 aliphatic heterocycles. The van der Waals surface area contributed by atoms with Crippen LogP contribution in [0.3, 0.4) is 0 Å². The number of carbonyl (C=O) groups excluding carboxylic acids is 4. The SMILES string of the molecule is CC(c1ccccc1)C(SCP)C(C#N)C(=O)N1CCC(Oc2cccc(C#N)c2)CC1.COc1ccccc1-c1cc(C#N)cc(C2CCN(C(=O)C(C#N)C(SCP)C(C)c3ccccc3)C2)c1.Cc1cc(C(C)C(SCP)C(C#N)C(=O)N2CCC(c3ccccc3)C2)ccc1Cl.N#Cc1cccc(OC2CCN(C(=O)C(C#N)C(SCP)C3(c4ccccc4)CC3)CC2)c1. The first-order chi connectivity index (χ1) is 64.6. The minimum Gasteiger partial charge on any atom is -0.496 e. The molecule has 133 heavy (non-hydrogen) atoms. The van der Waals surface area contributed by atoms with Crippen molar-refractivity contribution in [1.82, 2.24) is 19.6 Å². The molecule has 18 nitrogen and oxygen atoms in total. The predicted octanol–water partition coefficient (Wildman–Crippen LogP) is 21.8. The Bertz CT molecular complexity index is 5680. The minimum absolute atomic E-state index is 0.000152. The number of carbonyl (C=O) groups is 4. The number of amides is 4. The number of rotatable bonds is 32. The zero-order chi connectivity index (χ0) is 94.9. The first-order valence-electron chi connectivity index (χ1n) is 45.1. The number of hydrogen-bond acceptors (Lipinski definition) is 18. The van der Waals surface area contributed by atoms with E-state index in [0.29, 0.717) is 112 Å². The van der Waals surface area contributed by atoms with Crippen LogP contribution in [0.5, 0.6) is 17.2 Å². The van der Waals surface area contributed by atoms with E-state index >= 15 is 0 Å². The number of piperidine rings is 2. The highest BCUT2D eigenvalue weighted by Crippen LogP contribution is 2.57. The van der Waals surface area contributed by atoms with E-state index in [-0.39, 0.29) is 85.9 Å². The number of ether oxygens (including phenoxy) is 3. The van der Waals surface area contributed by atoms with Crippen molar-refractivity contribution in [2.24, 2.45) is 23.7 Å². The maximum Gasteiger partial charge on any atom is 0.241 e. The third-order valence-electron chi connectivity index (χ3n) is 25.9. The Morgan fingerprint density at radius 1 is 0.421 bits per heavy atom. The van der Waals surface area contributed by atoms with E-state index in [1.54, 1.807) is 78.4 Å². The van der Waals surface area contributed by atoms with E-state index in [1.807, 2.05) is 172 Å². The Balaban J connectivity index is 0.000000171. The Morgan fingerprint density at radius 2 is 0.820 bits per heavy atom. The van der Waals surface area contributed by atoms with Crippen molar-refractivity contribution in [2.75, 3.05) is 81.4 Å². The largest absolute Gasteiger partial charge is 0.496 e. The average Bonchev–Trinajstić information content (AvgIpc) is 1.58. The highest BCUT2D eigenvalue weighted by Gasteiger charge is 2.56. The van der Waals surface area contributed by atoms with Crippen LogP contribution in [0.1, 0.15) is 157 Å². The normalized spacial score (nSPS) is 18.0. The summed E-state index contributed by atoms with van der Waals surface area (Å²) in [5.74, 6) is -0.279. The van der Waals surface area contributed by atoms with Crippen LogP contribution in [0.15, 0.2) is 231 Å². The molecule has 688 valence electrons. The van der Waals surface area contributed by atoms with Crippen molar-refractivity contribution in [3.05, 3.63) is 291 Å². The molecule has 4 saturated heterocycles. The number of nitrogens with zero attached hydrogens (tertiary/aromatic N) is 11. The first-order valence-corrected chi connectivity index (χ1v) is 53.0. The summed E-state index contributed by atoms with van der Waals surface area (Å²) in [7, 11) is 12.5. The standard InChI is InChI=1S/C31H32N3O2PS.C26H28N3O2PS.C25H28N3O2PS.C24H28ClN2OPS/c1-21(23-8-4-3-5-9-23)30(38-20-37)28(18-33)31(35)34-13-12-24(19-34)25-14-22(17-32)15-26(16-25)27-10-6-7-11-29(27)36-2;27-16-19-5-4-8-22(15-19)31-21-9-13-29(14-10-21)25(30)23(17-28)24(33-18-32)26(11-12-26)20-6-2-1-3-7-20;1-18(20-7-3-2-4-8-20)24(32-17-31)23(16-27)25(29)28-12-10-21(11-13-28)30-22-9-5-6-19(14-22)15-26;1-16-12-19(8-9-22(16)25)17(2)23(30-15-29)21(13-26)24(28)27-11-10-20(14-27)18-6-4-3-5-7-18/h3-11,14-16,21,24,28,30H,12-13,19-20,37H2,1-2H3;1-8,15,21,23-24H,9-14,18,32H2;2-9,14,18,21,23-24H,10-13,17,31H2,1H3;3-9,12,17,20-21,23H,10-11,14-15,29H2,1-2H3. The molecule has 1 aliphatic carbocycles. The van der Waals surface area contributed by atoms with Crippen LogP contribution in [-0.4, -0.2) is 158 Å². The highest BCUT2D eigenvalue weighted by atomic mass is 35.5. The topological polar surface area (TPSA) is 275 Å². The number of methoxy groups -OCH3 is 1. The van der Waals surface area contributed by atoms with Gasteiger partial charge in [0.25, 0.3) is 0 Å². The van der Waals surface area contributed by atoms with Gasteiger partial charge in [0.05, 0.1) is 66.3 Å². The summed E-state index contributed by atoms with van der Waals surface area (Å²) >= 11 is 12.9. The number of nitriles is 7. The molecule has 4 amide bonds. The number of aryl methyl sites for hydroxylation is 1. The molecule has 14 rings (SSSR count). The first kappa shape index (κ1) is 104. The van der Waals surface area contributed by atoms with Gasteiger partial charge in [-0.25, -0.2) is 0 Å². The maximum absolute atomic E-state index is 13.7. The highest BCUT2D eigenvalue weighted by molar-refractivity contribution is 8.03. The van der Waals surface area contributed by atoms with E-state index in [0.717, 1.165) is 97.4 Å². The van der Waals surface area contributed by atoms with Gasteiger partial charge in [-0.2, -0.15) is 83.9 Å². The number of para-hydroxylation sites is 1. The smallest absolute Gasteiger partial charge is 0.241 e. The fraction of sp³-hybridized carbons (Fsp3) is 0.387. The van der Waals surface area contributed by atoms with Crippen molar-refractivity contribution in [1.29, 1.82) is 36.8 Å². The number of thioether (sulfide) groups is 4. The maximum atomic E-state index is 13.7. The zero-order valence-corrected chi connectivity index (χ0v) is 84.5. The second kappa shape index (κ2) is 52.3. The molecule has 9 aromatic rings. The van der Waals surface area contributed by atoms with E-state index in [2.05, 4.69) is 161 Å². The molecule has 4 heterocycles. The van der Waals surface area contributed by atoms with E-state index in [1.165, 1.54) is 11.1 Å². The molecule has 27 heteroatoms. The summed E-state index contributed by atoms with van der Waals surface area (Å²) in [6.07, 6.45) is 6.60. The predicted molar refractivity (Wildman–Crippen MR) is 552 cm³/mol. The van der Waals surface area contributed by atoms with Gasteiger partial charge in [0, 0.05) is 149 Å². The van der Waals surface area contributed by atoms with Gasteiger partial charge >= 0.3 is 0 Å². The lowest BCUT2D eigenvalue weighted by molar-refractivity contribution is -0.136. The fourth-order valence-electron chi connectivity index (χ4n) is 18.4. The van der Waals surface area contributed by atoms with Crippen molar-refractivity contribution in [2.45, 2.75) is 147 Å². The van der Waals surface area contributed by atoms with Gasteiger partial charge in [-0.15, -0.1) is 37.0 Å². The molecule has 1 saturated carbocycles. The third kappa shape index (κ3) is 27.5. The Morgan fingerprint density at radius 3 is 1.24 bits per heavy atom. The van der Waals surface area contributed by atoms with Gasteiger partial charge in [0.2, 0.25) is 23.6 Å². The molecular formula is C106H116ClN11O7P4S4. The van der Waals surface area contributed by atoms with Gasteiger partial charge in [-0.1, -0.05) is 202 Å². The molecule has 5 fully saturated rings. The summed E-state index contributed by atoms with van der Waals surface area (Å²) in [5, 5.41) is 68.3. The fourth-order valence-corrected chi connectivity index (χ4v) is 25.5. The quantitative estimate of drug-likeness (QED) is 0.0354. The molecule has 0 bridgehead atoms. The second-order valence-electron chi connectivity index (χ2n) is 34.0. The van der Waals surface area contributed by atoms with Gasteiger partial charge in [0.1, 0.15) is 53.1 Å². The van der Waals surface area contributed by atoms with Crippen LogP contribution in [-0.2, 0) is 24.6 Å². The number of halogens is 1. The molecule has 17 atom stereocenters. The van der Waals surface area contributed by atoms with Gasteiger partial charge < -0.3 is 33.8 Å². The van der Waals surface area contributed by atoms with E-state index in [4.69, 9.17) is 36.3 Å². The van der Waals surface area contributed by atoms with Gasteiger partial charge in [-0.3, -0.25) is 19.2 Å². The average molecular weight is 1940 g/mol. The Labute approximate surface area is 817 Å². The van der Waals surface area contributed by atoms with Gasteiger partial charge in [-0.05, 0) is 156 Å². The Kier molecular flexibility index (Phi) is 40.7. The van der Waals surface area contributed by atoms with E-state index < -0.39 is 23.7 Å². The summed E-state index contributed by atoms with van der Waals surface area (Å²) < 4.78 is 17.6. The summed E-state index contributed by atoms with van der Waals surface area (Å²) in [6.45, 7) is 13.1. The van der Waals surface area contributed by atoms with Crippen LogP contribution in [0.4, 0.5) is 0 Å². The molecule has 0 N–H and O–H groups in total. The zero-order valence-electron chi connectivity index (χ0n) is 75.8. The molecule has 17 unspecified atom stereocenters. The molecule has 5 aliphatic rings. The monoisotopic (exact) mass is 1940 g/mol. The lowest BCUT2D eigenvalue weighted by atomic mass is 9.84. The molecule has 9 aromatic carbocycles. The van der Waals surface area contributed by atoms with Crippen LogP contribution in [0, 0.1) is 110 Å². The second-order valence-corrected chi connectivity index (χ2v) is 43.2. The number of likely N-dealkylation sites (tertiary alicyclic amines) is 4. The summed E-state index contributed by atoms with van der Waals surface area (Å²) in [6, 6.07) is 90.8. The minimum atomic E-state index is -0.732. The van der Waals surface area contributed by atoms with Crippen LogP contribution < -0.4 is 14.2 Å². The van der Waals surface area contributed by atoms with Crippen LogP contribution in [0.2, 0.25) is 5.02 Å². The van der Waals surface area contributed by atoms with Crippen LogP contribution >= 0.6 is 95.6 Å². The third-order valence-corrected chi connectivity index (χ3v) is 33.6. The van der Waals surface area contributed by atoms with Crippen molar-refractivity contribution < 1.29 is 33.4 Å².